The van der Waals surface area contributed by atoms with Gasteiger partial charge in [0.05, 0.1) is 0 Å². The molecule has 60 valence electrons. The van der Waals surface area contributed by atoms with Crippen molar-refractivity contribution in [2.24, 2.45) is 11.1 Å². The SMILES string of the molecule is CCC1(CN)CCOCC1. The third-order valence-electron chi connectivity index (χ3n) is 2.74. The van der Waals surface area contributed by atoms with Gasteiger partial charge in [0.2, 0.25) is 0 Å². The van der Waals surface area contributed by atoms with Gasteiger partial charge >= 0.3 is 0 Å². The molecule has 2 heteroatoms. The molecule has 10 heavy (non-hydrogen) atoms. The van der Waals surface area contributed by atoms with E-state index in [0.29, 0.717) is 5.41 Å². The Morgan fingerprint density at radius 3 is 2.30 bits per heavy atom. The summed E-state index contributed by atoms with van der Waals surface area (Å²) in [6.07, 6.45) is 3.51. The van der Waals surface area contributed by atoms with Crippen LogP contribution in [0.2, 0.25) is 0 Å². The van der Waals surface area contributed by atoms with Gasteiger partial charge in [-0.05, 0) is 31.2 Å². The molecule has 1 rings (SSSR count). The summed E-state index contributed by atoms with van der Waals surface area (Å²) in [5.74, 6) is 0. The number of rotatable bonds is 2. The van der Waals surface area contributed by atoms with Crippen molar-refractivity contribution in [2.45, 2.75) is 26.2 Å². The Morgan fingerprint density at radius 1 is 1.40 bits per heavy atom. The highest BCUT2D eigenvalue weighted by atomic mass is 16.5. The van der Waals surface area contributed by atoms with E-state index in [1.54, 1.807) is 0 Å². The summed E-state index contributed by atoms with van der Waals surface area (Å²) < 4.78 is 5.27. The van der Waals surface area contributed by atoms with Crippen LogP contribution in [0.5, 0.6) is 0 Å². The molecule has 0 atom stereocenters. The first-order valence-electron chi connectivity index (χ1n) is 4.11. The smallest absolute Gasteiger partial charge is 0.0471 e. The van der Waals surface area contributed by atoms with Crippen molar-refractivity contribution in [1.29, 1.82) is 0 Å². The minimum atomic E-state index is 0.415. The zero-order valence-electron chi connectivity index (χ0n) is 6.73. The Morgan fingerprint density at radius 2 is 2.00 bits per heavy atom. The van der Waals surface area contributed by atoms with Crippen LogP contribution in [0.3, 0.4) is 0 Å². The number of hydrogen-bond donors (Lipinski definition) is 1. The van der Waals surface area contributed by atoms with Gasteiger partial charge in [-0.2, -0.15) is 0 Å². The van der Waals surface area contributed by atoms with Crippen LogP contribution in [0.15, 0.2) is 0 Å². The summed E-state index contributed by atoms with van der Waals surface area (Å²) in [6.45, 7) is 4.86. The Kier molecular flexibility index (Phi) is 2.69. The van der Waals surface area contributed by atoms with Gasteiger partial charge in [-0.3, -0.25) is 0 Å². The lowest BCUT2D eigenvalue weighted by molar-refractivity contribution is 0.0171. The number of ether oxygens (including phenoxy) is 1. The Hall–Kier alpha value is -0.0800. The van der Waals surface area contributed by atoms with Crippen LogP contribution in [-0.2, 0) is 4.74 Å². The van der Waals surface area contributed by atoms with E-state index in [1.165, 1.54) is 6.42 Å². The second-order valence-corrected chi connectivity index (χ2v) is 3.17. The fourth-order valence-corrected chi connectivity index (χ4v) is 1.51. The predicted molar refractivity (Wildman–Crippen MR) is 41.8 cm³/mol. The summed E-state index contributed by atoms with van der Waals surface area (Å²) in [5.41, 5.74) is 6.11. The van der Waals surface area contributed by atoms with Crippen LogP contribution in [0.1, 0.15) is 26.2 Å². The van der Waals surface area contributed by atoms with E-state index >= 15 is 0 Å². The van der Waals surface area contributed by atoms with Crippen molar-refractivity contribution in [3.63, 3.8) is 0 Å². The van der Waals surface area contributed by atoms with Gasteiger partial charge < -0.3 is 10.5 Å². The van der Waals surface area contributed by atoms with Gasteiger partial charge in [0, 0.05) is 13.2 Å². The molecule has 0 aromatic heterocycles. The molecule has 0 aliphatic carbocycles. The average Bonchev–Trinajstić information content (AvgIpc) is 2.06. The van der Waals surface area contributed by atoms with E-state index in [2.05, 4.69) is 6.92 Å². The average molecular weight is 143 g/mol. The van der Waals surface area contributed by atoms with Crippen molar-refractivity contribution >= 4 is 0 Å². The maximum atomic E-state index is 5.69. The number of hydrogen-bond acceptors (Lipinski definition) is 2. The van der Waals surface area contributed by atoms with Gasteiger partial charge in [-0.1, -0.05) is 6.92 Å². The molecule has 0 radical (unpaired) electrons. The molecule has 1 saturated heterocycles. The van der Waals surface area contributed by atoms with Crippen LogP contribution < -0.4 is 5.73 Å². The van der Waals surface area contributed by atoms with Gasteiger partial charge in [0.1, 0.15) is 0 Å². The Labute approximate surface area is 62.7 Å². The van der Waals surface area contributed by atoms with Crippen LogP contribution >= 0.6 is 0 Å². The summed E-state index contributed by atoms with van der Waals surface area (Å²) in [6, 6.07) is 0. The second kappa shape index (κ2) is 3.35. The first kappa shape index (κ1) is 8.02. The lowest BCUT2D eigenvalue weighted by Gasteiger charge is -2.34. The molecule has 0 aromatic rings. The molecule has 2 N–H and O–H groups in total. The normalized spacial score (nSPS) is 24.6. The highest BCUT2D eigenvalue weighted by molar-refractivity contribution is 4.80. The van der Waals surface area contributed by atoms with Crippen molar-refractivity contribution < 1.29 is 4.74 Å². The lowest BCUT2D eigenvalue weighted by atomic mass is 9.78. The molecule has 1 heterocycles. The van der Waals surface area contributed by atoms with Gasteiger partial charge in [-0.25, -0.2) is 0 Å². The summed E-state index contributed by atoms with van der Waals surface area (Å²) in [5, 5.41) is 0. The molecule has 0 amide bonds. The van der Waals surface area contributed by atoms with E-state index in [4.69, 9.17) is 10.5 Å². The molecular weight excluding hydrogens is 126 g/mol. The minimum Gasteiger partial charge on any atom is -0.381 e. The van der Waals surface area contributed by atoms with E-state index in [9.17, 15) is 0 Å². The first-order valence-corrected chi connectivity index (χ1v) is 4.11. The zero-order valence-corrected chi connectivity index (χ0v) is 6.73. The summed E-state index contributed by atoms with van der Waals surface area (Å²) in [4.78, 5) is 0. The van der Waals surface area contributed by atoms with Crippen molar-refractivity contribution in [3.8, 4) is 0 Å². The molecule has 1 aliphatic heterocycles. The molecule has 0 saturated carbocycles. The van der Waals surface area contributed by atoms with E-state index in [0.717, 1.165) is 32.6 Å². The van der Waals surface area contributed by atoms with Crippen LogP contribution in [0, 0.1) is 5.41 Å². The highest BCUT2D eigenvalue weighted by Crippen LogP contribution is 2.32. The quantitative estimate of drug-likeness (QED) is 0.629. The van der Waals surface area contributed by atoms with Gasteiger partial charge in [0.25, 0.3) is 0 Å². The fraction of sp³-hybridized carbons (Fsp3) is 1.00. The molecule has 1 aliphatic rings. The molecule has 0 bridgehead atoms. The van der Waals surface area contributed by atoms with Gasteiger partial charge in [0.15, 0.2) is 0 Å². The van der Waals surface area contributed by atoms with Crippen LogP contribution in [0.25, 0.3) is 0 Å². The third-order valence-corrected chi connectivity index (χ3v) is 2.74. The standard InChI is InChI=1S/C8H17NO/c1-2-8(7-9)3-5-10-6-4-8/h2-7,9H2,1H3. The topological polar surface area (TPSA) is 35.2 Å². The van der Waals surface area contributed by atoms with E-state index in [-0.39, 0.29) is 0 Å². The van der Waals surface area contributed by atoms with Crippen molar-refractivity contribution in [2.75, 3.05) is 19.8 Å². The molecule has 0 spiro atoms. The van der Waals surface area contributed by atoms with Crippen LogP contribution in [-0.4, -0.2) is 19.8 Å². The monoisotopic (exact) mass is 143 g/mol. The summed E-state index contributed by atoms with van der Waals surface area (Å²) >= 11 is 0. The van der Waals surface area contributed by atoms with Gasteiger partial charge in [-0.15, -0.1) is 0 Å². The predicted octanol–water partition coefficient (Wildman–Crippen LogP) is 1.15. The number of nitrogens with two attached hydrogens (primary N) is 1. The maximum Gasteiger partial charge on any atom is 0.0471 e. The highest BCUT2D eigenvalue weighted by Gasteiger charge is 2.28. The molecule has 0 aromatic carbocycles. The van der Waals surface area contributed by atoms with Crippen molar-refractivity contribution in [1.82, 2.24) is 0 Å². The molecule has 0 unspecified atom stereocenters. The first-order chi connectivity index (χ1) is 4.83. The Balaban J connectivity index is 2.44. The van der Waals surface area contributed by atoms with E-state index in [1.807, 2.05) is 0 Å². The third kappa shape index (κ3) is 1.50. The maximum absolute atomic E-state index is 5.69. The second-order valence-electron chi connectivity index (χ2n) is 3.17. The van der Waals surface area contributed by atoms with E-state index < -0.39 is 0 Å². The minimum absolute atomic E-state index is 0.415. The largest absolute Gasteiger partial charge is 0.381 e. The molecule has 1 fully saturated rings. The zero-order chi connectivity index (χ0) is 7.45. The fourth-order valence-electron chi connectivity index (χ4n) is 1.51. The lowest BCUT2D eigenvalue weighted by Crippen LogP contribution is -2.35. The molecular formula is C8H17NO. The van der Waals surface area contributed by atoms with Crippen LogP contribution in [0.4, 0.5) is 0 Å². The molecule has 2 nitrogen and oxygen atoms in total. The van der Waals surface area contributed by atoms with Crippen molar-refractivity contribution in [3.05, 3.63) is 0 Å². The Bertz CT molecular complexity index is 91.4. The summed E-state index contributed by atoms with van der Waals surface area (Å²) in [7, 11) is 0.